The first-order valence-electron chi connectivity index (χ1n) is 9.00. The van der Waals surface area contributed by atoms with Crippen LogP contribution in [0.3, 0.4) is 0 Å². The van der Waals surface area contributed by atoms with Crippen LogP contribution in [-0.2, 0) is 6.42 Å². The molecule has 0 amide bonds. The van der Waals surface area contributed by atoms with Gasteiger partial charge in [0.15, 0.2) is 0 Å². The molecule has 25 heavy (non-hydrogen) atoms. The molecule has 1 aliphatic heterocycles. The predicted octanol–water partition coefficient (Wildman–Crippen LogP) is 2.78. The Morgan fingerprint density at radius 2 is 2.08 bits per heavy atom. The second kappa shape index (κ2) is 5.72. The number of aromatic hydroxyl groups is 1. The highest BCUT2D eigenvalue weighted by Crippen LogP contribution is 2.41. The van der Waals surface area contributed by atoms with E-state index in [2.05, 4.69) is 32.3 Å². The highest BCUT2D eigenvalue weighted by Gasteiger charge is 2.30. The number of anilines is 1. The highest BCUT2D eigenvalue weighted by molar-refractivity contribution is 5.69. The highest BCUT2D eigenvalue weighted by atomic mass is 16.3. The molecule has 6 heteroatoms. The molecule has 0 radical (unpaired) electrons. The van der Waals surface area contributed by atoms with Crippen LogP contribution in [0.4, 0.5) is 5.69 Å². The zero-order valence-corrected chi connectivity index (χ0v) is 14.0. The van der Waals surface area contributed by atoms with E-state index >= 15 is 0 Å². The molecule has 2 aromatic heterocycles. The molecule has 1 saturated heterocycles. The third kappa shape index (κ3) is 2.81. The summed E-state index contributed by atoms with van der Waals surface area (Å²) in [5.41, 5.74) is 4.38. The summed E-state index contributed by atoms with van der Waals surface area (Å²) in [4.78, 5) is 2.42. The van der Waals surface area contributed by atoms with E-state index in [1.54, 1.807) is 12.4 Å². The van der Waals surface area contributed by atoms with Crippen molar-refractivity contribution < 1.29 is 5.11 Å². The summed E-state index contributed by atoms with van der Waals surface area (Å²) < 4.78 is 1.82. The number of fused-ring (bicyclic) bond motifs is 1. The molecule has 2 aliphatic rings. The van der Waals surface area contributed by atoms with Crippen LogP contribution in [0.5, 0.6) is 5.75 Å². The predicted molar refractivity (Wildman–Crippen MR) is 94.9 cm³/mol. The molecule has 0 spiro atoms. The first kappa shape index (κ1) is 14.7. The van der Waals surface area contributed by atoms with Crippen LogP contribution in [0.15, 0.2) is 36.7 Å². The van der Waals surface area contributed by atoms with Gasteiger partial charge >= 0.3 is 0 Å². The van der Waals surface area contributed by atoms with Gasteiger partial charge in [0.25, 0.3) is 0 Å². The number of benzene rings is 1. The Bertz CT molecular complexity index is 917. The molecule has 1 aliphatic carbocycles. The fraction of sp³-hybridized carbons (Fsp3) is 0.421. The van der Waals surface area contributed by atoms with E-state index in [9.17, 15) is 5.11 Å². The van der Waals surface area contributed by atoms with Gasteiger partial charge in [-0.1, -0.05) is 12.1 Å². The van der Waals surface area contributed by atoms with Crippen LogP contribution in [0.1, 0.15) is 36.4 Å². The lowest BCUT2D eigenvalue weighted by Crippen LogP contribution is -2.21. The van der Waals surface area contributed by atoms with E-state index in [-0.39, 0.29) is 0 Å². The SMILES string of the molecule is Oc1cccc(CC2CCN(c3cc(C4CC4)nn4cnnc34)C2)c1. The van der Waals surface area contributed by atoms with Crippen molar-refractivity contribution in [2.24, 2.45) is 5.92 Å². The fourth-order valence-electron chi connectivity index (χ4n) is 3.88. The third-order valence-corrected chi connectivity index (χ3v) is 5.32. The lowest BCUT2D eigenvalue weighted by Gasteiger charge is -2.20. The van der Waals surface area contributed by atoms with Gasteiger partial charge in [-0.15, -0.1) is 10.2 Å². The number of rotatable bonds is 4. The quantitative estimate of drug-likeness (QED) is 0.794. The minimum absolute atomic E-state index is 0.348. The lowest BCUT2D eigenvalue weighted by molar-refractivity contribution is 0.473. The molecule has 3 heterocycles. The van der Waals surface area contributed by atoms with E-state index < -0.39 is 0 Å². The Morgan fingerprint density at radius 1 is 1.16 bits per heavy atom. The fourth-order valence-corrected chi connectivity index (χ4v) is 3.88. The molecule has 3 aromatic rings. The summed E-state index contributed by atoms with van der Waals surface area (Å²) in [6.45, 7) is 2.03. The van der Waals surface area contributed by atoms with Gasteiger partial charge in [-0.3, -0.25) is 0 Å². The van der Waals surface area contributed by atoms with Gasteiger partial charge in [-0.05, 0) is 55.4 Å². The molecule has 6 nitrogen and oxygen atoms in total. The largest absolute Gasteiger partial charge is 0.508 e. The Labute approximate surface area is 146 Å². The molecule has 2 fully saturated rings. The maximum Gasteiger partial charge on any atom is 0.200 e. The van der Waals surface area contributed by atoms with Gasteiger partial charge in [0, 0.05) is 19.0 Å². The van der Waals surface area contributed by atoms with Gasteiger partial charge in [0.05, 0.1) is 11.4 Å². The number of aromatic nitrogens is 4. The minimum Gasteiger partial charge on any atom is -0.508 e. The summed E-state index contributed by atoms with van der Waals surface area (Å²) in [6.07, 6.45) is 6.32. The van der Waals surface area contributed by atoms with E-state index in [4.69, 9.17) is 0 Å². The number of phenols is 1. The molecule has 1 atom stereocenters. The van der Waals surface area contributed by atoms with Crippen LogP contribution in [0.2, 0.25) is 0 Å². The Balaban J connectivity index is 1.39. The van der Waals surface area contributed by atoms with Crippen molar-refractivity contribution in [3.05, 3.63) is 47.9 Å². The smallest absolute Gasteiger partial charge is 0.200 e. The van der Waals surface area contributed by atoms with Gasteiger partial charge in [-0.2, -0.15) is 9.61 Å². The third-order valence-electron chi connectivity index (χ3n) is 5.32. The number of phenolic OH excluding ortho intramolecular Hbond substituents is 1. The number of hydrogen-bond acceptors (Lipinski definition) is 5. The van der Waals surface area contributed by atoms with Crippen molar-refractivity contribution in [3.63, 3.8) is 0 Å². The van der Waals surface area contributed by atoms with Crippen molar-refractivity contribution in [1.82, 2.24) is 19.8 Å². The van der Waals surface area contributed by atoms with Crippen molar-refractivity contribution in [3.8, 4) is 5.75 Å². The average molecular weight is 335 g/mol. The normalized spacial score (nSPS) is 20.5. The van der Waals surface area contributed by atoms with Crippen LogP contribution < -0.4 is 4.90 Å². The van der Waals surface area contributed by atoms with E-state index in [0.29, 0.717) is 17.6 Å². The summed E-state index contributed by atoms with van der Waals surface area (Å²) in [6, 6.07) is 9.83. The first-order chi connectivity index (χ1) is 12.3. The van der Waals surface area contributed by atoms with Crippen molar-refractivity contribution >= 4 is 11.3 Å². The van der Waals surface area contributed by atoms with Gasteiger partial charge in [0.2, 0.25) is 5.65 Å². The van der Waals surface area contributed by atoms with Gasteiger partial charge in [-0.25, -0.2) is 0 Å². The molecular formula is C19H21N5O. The van der Waals surface area contributed by atoms with Gasteiger partial charge < -0.3 is 10.0 Å². The van der Waals surface area contributed by atoms with Crippen molar-refractivity contribution in [2.45, 2.75) is 31.6 Å². The average Bonchev–Trinajstić information content (AvgIpc) is 3.17. The molecule has 1 unspecified atom stereocenters. The zero-order valence-electron chi connectivity index (χ0n) is 14.0. The van der Waals surface area contributed by atoms with Crippen molar-refractivity contribution in [2.75, 3.05) is 18.0 Å². The molecule has 1 N–H and O–H groups in total. The van der Waals surface area contributed by atoms with Crippen LogP contribution in [0.25, 0.3) is 5.65 Å². The van der Waals surface area contributed by atoms with E-state index in [0.717, 1.165) is 37.3 Å². The summed E-state index contributed by atoms with van der Waals surface area (Å²) in [7, 11) is 0. The molecule has 1 aromatic carbocycles. The maximum atomic E-state index is 9.66. The second-order valence-electron chi connectivity index (χ2n) is 7.30. The first-order valence-corrected chi connectivity index (χ1v) is 9.00. The Morgan fingerprint density at radius 3 is 2.92 bits per heavy atom. The van der Waals surface area contributed by atoms with E-state index in [1.165, 1.54) is 24.1 Å². The lowest BCUT2D eigenvalue weighted by atomic mass is 9.98. The summed E-state index contributed by atoms with van der Waals surface area (Å²) in [5.74, 6) is 1.54. The Kier molecular flexibility index (Phi) is 3.36. The summed E-state index contributed by atoms with van der Waals surface area (Å²) >= 11 is 0. The van der Waals surface area contributed by atoms with Gasteiger partial charge in [0.1, 0.15) is 12.1 Å². The monoisotopic (exact) mass is 335 g/mol. The molecule has 1 saturated carbocycles. The van der Waals surface area contributed by atoms with Crippen molar-refractivity contribution in [1.29, 1.82) is 0 Å². The van der Waals surface area contributed by atoms with Crippen LogP contribution in [-0.4, -0.2) is 38.0 Å². The van der Waals surface area contributed by atoms with Crippen LogP contribution in [0, 0.1) is 5.92 Å². The molecule has 0 bridgehead atoms. The number of nitrogens with zero attached hydrogens (tertiary/aromatic N) is 5. The molecule has 5 rings (SSSR count). The maximum absolute atomic E-state index is 9.66. The topological polar surface area (TPSA) is 66.5 Å². The van der Waals surface area contributed by atoms with E-state index in [1.807, 2.05) is 16.6 Å². The summed E-state index contributed by atoms with van der Waals surface area (Å²) in [5, 5.41) is 22.7. The molecule has 128 valence electrons. The number of hydrogen-bond donors (Lipinski definition) is 1. The molecular weight excluding hydrogens is 314 g/mol. The second-order valence-corrected chi connectivity index (χ2v) is 7.30. The Hall–Kier alpha value is -2.63. The standard InChI is InChI=1S/C19H21N5O/c25-16-3-1-2-13(9-16)8-14-6-7-23(11-14)18-10-17(15-4-5-15)22-24-12-20-21-19(18)24/h1-3,9-10,12,14-15,25H,4-8,11H2. The minimum atomic E-state index is 0.348. The van der Waals surface area contributed by atoms with Crippen LogP contribution >= 0.6 is 0 Å². The zero-order chi connectivity index (χ0) is 16.8.